The fourth-order valence-corrected chi connectivity index (χ4v) is 2.11. The summed E-state index contributed by atoms with van der Waals surface area (Å²) < 4.78 is 9.94. The molecule has 2 aromatic carbocycles. The number of hydrogen-bond acceptors (Lipinski definition) is 6. The predicted molar refractivity (Wildman–Crippen MR) is 90.0 cm³/mol. The molecule has 2 rings (SSSR count). The Morgan fingerprint density at radius 1 is 1.24 bits per heavy atom. The second-order valence-electron chi connectivity index (χ2n) is 4.75. The topological polar surface area (TPSA) is 108 Å². The van der Waals surface area contributed by atoms with Gasteiger partial charge in [-0.05, 0) is 24.3 Å². The Hall–Kier alpha value is -3.13. The van der Waals surface area contributed by atoms with Crippen LogP contribution in [0.15, 0.2) is 42.5 Å². The van der Waals surface area contributed by atoms with Gasteiger partial charge in [-0.25, -0.2) is 4.79 Å². The fourth-order valence-electron chi connectivity index (χ4n) is 1.93. The van der Waals surface area contributed by atoms with Crippen LogP contribution in [0.1, 0.15) is 10.4 Å². The Bertz CT molecular complexity index is 824. The zero-order valence-corrected chi connectivity index (χ0v) is 13.8. The van der Waals surface area contributed by atoms with E-state index in [9.17, 15) is 19.7 Å². The number of nitro benzene ring substituents is 1. The van der Waals surface area contributed by atoms with E-state index >= 15 is 0 Å². The van der Waals surface area contributed by atoms with Crippen molar-refractivity contribution < 1.29 is 24.0 Å². The third kappa shape index (κ3) is 4.67. The SMILES string of the molecule is COc1ccccc1NC(=O)COC(=O)c1ccc(Cl)c([N+](=O)[O-])c1. The van der Waals surface area contributed by atoms with Crippen LogP contribution < -0.4 is 10.1 Å². The van der Waals surface area contributed by atoms with Crippen LogP contribution in [0.5, 0.6) is 5.75 Å². The van der Waals surface area contributed by atoms with Crippen LogP contribution in [0.25, 0.3) is 0 Å². The number of nitro groups is 1. The number of methoxy groups -OCH3 is 1. The summed E-state index contributed by atoms with van der Waals surface area (Å²) in [7, 11) is 1.46. The predicted octanol–water partition coefficient (Wildman–Crippen LogP) is 3.05. The number of benzene rings is 2. The van der Waals surface area contributed by atoms with E-state index in [1.807, 2.05) is 0 Å². The molecule has 25 heavy (non-hydrogen) atoms. The number of hydrogen-bond donors (Lipinski definition) is 1. The Balaban J connectivity index is 1.99. The second kappa shape index (κ2) is 8.11. The summed E-state index contributed by atoms with van der Waals surface area (Å²) >= 11 is 5.67. The number of carbonyl (C=O) groups is 2. The molecule has 0 aromatic heterocycles. The lowest BCUT2D eigenvalue weighted by atomic mass is 10.2. The number of esters is 1. The van der Waals surface area contributed by atoms with E-state index in [4.69, 9.17) is 21.1 Å². The van der Waals surface area contributed by atoms with Crippen molar-refractivity contribution in [1.29, 1.82) is 0 Å². The first-order valence-corrected chi connectivity index (χ1v) is 7.34. The summed E-state index contributed by atoms with van der Waals surface area (Å²) in [5.74, 6) is -1.01. The van der Waals surface area contributed by atoms with Gasteiger partial charge in [0, 0.05) is 6.07 Å². The number of para-hydroxylation sites is 2. The van der Waals surface area contributed by atoms with Gasteiger partial charge in [0.2, 0.25) is 0 Å². The van der Waals surface area contributed by atoms with Crippen LogP contribution in [0.4, 0.5) is 11.4 Å². The van der Waals surface area contributed by atoms with Crippen LogP contribution in [0, 0.1) is 10.1 Å². The second-order valence-corrected chi connectivity index (χ2v) is 5.16. The molecule has 0 fully saturated rings. The maximum Gasteiger partial charge on any atom is 0.338 e. The van der Waals surface area contributed by atoms with Crippen LogP contribution in [0.3, 0.4) is 0 Å². The molecule has 0 unspecified atom stereocenters. The summed E-state index contributed by atoms with van der Waals surface area (Å²) in [4.78, 5) is 33.9. The molecule has 9 heteroatoms. The molecule has 0 aliphatic rings. The van der Waals surface area contributed by atoms with E-state index in [2.05, 4.69) is 5.32 Å². The number of ether oxygens (including phenoxy) is 2. The van der Waals surface area contributed by atoms with Crippen molar-refractivity contribution in [2.24, 2.45) is 0 Å². The highest BCUT2D eigenvalue weighted by molar-refractivity contribution is 6.32. The summed E-state index contributed by atoms with van der Waals surface area (Å²) in [6.45, 7) is -0.562. The van der Waals surface area contributed by atoms with Crippen LogP contribution in [-0.4, -0.2) is 30.5 Å². The van der Waals surface area contributed by atoms with Gasteiger partial charge in [0.25, 0.3) is 11.6 Å². The largest absolute Gasteiger partial charge is 0.495 e. The Kier molecular flexibility index (Phi) is 5.91. The standard InChI is InChI=1S/C16H13ClN2O6/c1-24-14-5-3-2-4-12(14)18-15(20)9-25-16(21)10-6-7-11(17)13(8-10)19(22)23/h2-8H,9H2,1H3,(H,18,20). The quantitative estimate of drug-likeness (QED) is 0.479. The van der Waals surface area contributed by atoms with Crippen molar-refractivity contribution in [2.75, 3.05) is 19.0 Å². The molecular weight excluding hydrogens is 352 g/mol. The number of rotatable bonds is 6. The molecular formula is C16H13ClN2O6. The molecule has 8 nitrogen and oxygen atoms in total. The zero-order chi connectivity index (χ0) is 18.4. The fraction of sp³-hybridized carbons (Fsp3) is 0.125. The normalized spacial score (nSPS) is 10.0. The van der Waals surface area contributed by atoms with E-state index in [1.165, 1.54) is 19.2 Å². The van der Waals surface area contributed by atoms with Crippen LogP contribution >= 0.6 is 11.6 Å². The molecule has 0 radical (unpaired) electrons. The Labute approximate surface area is 147 Å². The number of amides is 1. The van der Waals surface area contributed by atoms with Crippen molar-refractivity contribution in [3.63, 3.8) is 0 Å². The first-order chi connectivity index (χ1) is 11.9. The average Bonchev–Trinajstić information content (AvgIpc) is 2.60. The minimum absolute atomic E-state index is 0.0822. The molecule has 2 aromatic rings. The summed E-state index contributed by atoms with van der Waals surface area (Å²) in [5, 5.41) is 13.3. The average molecular weight is 365 g/mol. The molecule has 0 aliphatic carbocycles. The molecule has 1 amide bonds. The number of carbonyl (C=O) groups excluding carboxylic acids is 2. The van der Waals surface area contributed by atoms with Gasteiger partial charge >= 0.3 is 5.97 Å². The molecule has 0 saturated carbocycles. The highest BCUT2D eigenvalue weighted by Crippen LogP contribution is 2.25. The third-order valence-corrected chi connectivity index (χ3v) is 3.41. The Morgan fingerprint density at radius 2 is 1.96 bits per heavy atom. The zero-order valence-electron chi connectivity index (χ0n) is 13.0. The van der Waals surface area contributed by atoms with E-state index < -0.39 is 29.1 Å². The number of halogens is 1. The van der Waals surface area contributed by atoms with Gasteiger partial charge in [-0.1, -0.05) is 23.7 Å². The van der Waals surface area contributed by atoms with Crippen molar-refractivity contribution in [1.82, 2.24) is 0 Å². The Morgan fingerprint density at radius 3 is 2.64 bits per heavy atom. The third-order valence-electron chi connectivity index (χ3n) is 3.09. The first kappa shape index (κ1) is 18.2. The number of nitrogens with zero attached hydrogens (tertiary/aromatic N) is 1. The lowest BCUT2D eigenvalue weighted by Crippen LogP contribution is -2.21. The highest BCUT2D eigenvalue weighted by atomic mass is 35.5. The molecule has 0 bridgehead atoms. The van der Waals surface area contributed by atoms with Crippen molar-refractivity contribution in [2.45, 2.75) is 0 Å². The maximum absolute atomic E-state index is 11.9. The van der Waals surface area contributed by atoms with Gasteiger partial charge in [-0.2, -0.15) is 0 Å². The number of anilines is 1. The van der Waals surface area contributed by atoms with Gasteiger partial charge in [0.1, 0.15) is 10.8 Å². The summed E-state index contributed by atoms with van der Waals surface area (Å²) in [6, 6.07) is 10.2. The van der Waals surface area contributed by atoms with Crippen molar-refractivity contribution in [3.05, 3.63) is 63.2 Å². The molecule has 130 valence electrons. The minimum atomic E-state index is -0.880. The van der Waals surface area contributed by atoms with E-state index in [-0.39, 0.29) is 10.6 Å². The van der Waals surface area contributed by atoms with Gasteiger partial charge in [0.05, 0.1) is 23.3 Å². The molecule has 0 atom stereocenters. The van der Waals surface area contributed by atoms with Crippen LogP contribution in [0.2, 0.25) is 5.02 Å². The lowest BCUT2D eigenvalue weighted by molar-refractivity contribution is -0.384. The van der Waals surface area contributed by atoms with Gasteiger partial charge in [0.15, 0.2) is 6.61 Å². The lowest BCUT2D eigenvalue weighted by Gasteiger charge is -2.10. The number of nitrogens with one attached hydrogen (secondary N) is 1. The van der Waals surface area contributed by atoms with E-state index in [0.29, 0.717) is 11.4 Å². The monoisotopic (exact) mass is 364 g/mol. The van der Waals surface area contributed by atoms with Crippen molar-refractivity contribution in [3.8, 4) is 5.75 Å². The molecule has 0 heterocycles. The smallest absolute Gasteiger partial charge is 0.338 e. The van der Waals surface area contributed by atoms with Crippen LogP contribution in [-0.2, 0) is 9.53 Å². The van der Waals surface area contributed by atoms with Gasteiger partial charge in [-0.15, -0.1) is 0 Å². The highest BCUT2D eigenvalue weighted by Gasteiger charge is 2.18. The minimum Gasteiger partial charge on any atom is -0.495 e. The summed E-state index contributed by atoms with van der Waals surface area (Å²) in [6.07, 6.45) is 0. The first-order valence-electron chi connectivity index (χ1n) is 6.96. The molecule has 0 aliphatic heterocycles. The van der Waals surface area contributed by atoms with Gasteiger partial charge < -0.3 is 14.8 Å². The summed E-state index contributed by atoms with van der Waals surface area (Å²) in [5.41, 5.74) is -0.0797. The molecule has 0 spiro atoms. The van der Waals surface area contributed by atoms with Crippen molar-refractivity contribution >= 4 is 34.9 Å². The maximum atomic E-state index is 11.9. The van der Waals surface area contributed by atoms with Gasteiger partial charge in [-0.3, -0.25) is 14.9 Å². The van der Waals surface area contributed by atoms with E-state index in [1.54, 1.807) is 24.3 Å². The molecule has 0 saturated heterocycles. The molecule has 1 N–H and O–H groups in total. The van der Waals surface area contributed by atoms with E-state index in [0.717, 1.165) is 6.07 Å².